The molecule has 0 atom stereocenters. The van der Waals surface area contributed by atoms with E-state index in [0.29, 0.717) is 31.2 Å². The number of nitrogens with zero attached hydrogens (tertiary/aromatic N) is 3. The fraction of sp³-hybridized carbons (Fsp3) is 0.350. The van der Waals surface area contributed by atoms with Gasteiger partial charge in [-0.15, -0.1) is 6.58 Å². The Balaban J connectivity index is 1.98. The number of nitrogens with one attached hydrogen (secondary N) is 1. The lowest BCUT2D eigenvalue weighted by molar-refractivity contribution is 0.0942. The first-order chi connectivity index (χ1) is 12.7. The highest BCUT2D eigenvalue weighted by atomic mass is 16.2. The molecule has 0 spiro atoms. The minimum atomic E-state index is -0.269. The summed E-state index contributed by atoms with van der Waals surface area (Å²) in [6.07, 6.45) is 4.36. The van der Waals surface area contributed by atoms with E-state index in [0.717, 1.165) is 30.6 Å². The molecule has 2 aromatic rings. The van der Waals surface area contributed by atoms with Crippen LogP contribution < -0.4 is 10.2 Å². The number of carbonyl (C=O) groups excluding carboxylic acids is 2. The lowest BCUT2D eigenvalue weighted by Crippen LogP contribution is -2.32. The van der Waals surface area contributed by atoms with Gasteiger partial charge in [0.1, 0.15) is 0 Å². The topological polar surface area (TPSA) is 67.2 Å². The summed E-state index contributed by atoms with van der Waals surface area (Å²) in [5.41, 5.74) is 2.08. The maximum Gasteiger partial charge on any atom is 0.287 e. The molecule has 2 heterocycles. The summed E-state index contributed by atoms with van der Waals surface area (Å²) in [5, 5.41) is 2.76. The van der Waals surface area contributed by atoms with Crippen LogP contribution in [0.5, 0.6) is 0 Å². The number of carbonyl (C=O) groups is 2. The molecule has 6 nitrogen and oxygen atoms in total. The van der Waals surface area contributed by atoms with Gasteiger partial charge < -0.3 is 14.8 Å². The molecule has 0 saturated heterocycles. The lowest BCUT2D eigenvalue weighted by Gasteiger charge is -2.22. The highest BCUT2D eigenvalue weighted by Crippen LogP contribution is 2.24. The third-order valence-electron chi connectivity index (χ3n) is 4.56. The fourth-order valence-corrected chi connectivity index (χ4v) is 3.31. The summed E-state index contributed by atoms with van der Waals surface area (Å²) < 4.78 is 1.90. The van der Waals surface area contributed by atoms with E-state index in [2.05, 4.69) is 16.9 Å². The van der Waals surface area contributed by atoms with E-state index >= 15 is 0 Å². The van der Waals surface area contributed by atoms with Gasteiger partial charge in [0.05, 0.1) is 5.69 Å². The van der Waals surface area contributed by atoms with Crippen LogP contribution in [0.25, 0.3) is 0 Å². The third-order valence-corrected chi connectivity index (χ3v) is 4.56. The summed E-state index contributed by atoms with van der Waals surface area (Å²) in [7, 11) is 0. The second-order valence-corrected chi connectivity index (χ2v) is 6.22. The number of amides is 2. The molecular weight excluding hydrogens is 328 g/mol. The van der Waals surface area contributed by atoms with E-state index in [1.807, 2.05) is 41.8 Å². The molecule has 1 aromatic carbocycles. The standard InChI is InChI=1S/C20H24N4O2/c1-3-13-21-19(25)18-22-17(16-12-8-9-14-24(16)18)20(26)23(4-2)15-10-6-5-7-11-15/h3,5-7,10-11H,1,4,8-9,12-14H2,2H3,(H,21,25). The van der Waals surface area contributed by atoms with Crippen LogP contribution in [0.3, 0.4) is 0 Å². The molecule has 0 radical (unpaired) electrons. The van der Waals surface area contributed by atoms with Crippen LogP contribution in [0, 0.1) is 0 Å². The summed E-state index contributed by atoms with van der Waals surface area (Å²) in [5.74, 6) is -0.115. The van der Waals surface area contributed by atoms with Crippen molar-refractivity contribution in [1.82, 2.24) is 14.9 Å². The Morgan fingerprint density at radius 3 is 2.77 bits per heavy atom. The van der Waals surface area contributed by atoms with Crippen molar-refractivity contribution in [3.63, 3.8) is 0 Å². The maximum absolute atomic E-state index is 13.2. The van der Waals surface area contributed by atoms with Gasteiger partial charge in [0, 0.05) is 25.3 Å². The second-order valence-electron chi connectivity index (χ2n) is 6.22. The van der Waals surface area contributed by atoms with Gasteiger partial charge in [-0.2, -0.15) is 0 Å². The average Bonchev–Trinajstić information content (AvgIpc) is 3.07. The molecule has 0 fully saturated rings. The molecule has 1 aromatic heterocycles. The van der Waals surface area contributed by atoms with E-state index in [-0.39, 0.29) is 11.8 Å². The maximum atomic E-state index is 13.2. The van der Waals surface area contributed by atoms with Crippen LogP contribution >= 0.6 is 0 Å². The van der Waals surface area contributed by atoms with Gasteiger partial charge in [0.15, 0.2) is 11.5 Å². The molecule has 1 N–H and O–H groups in total. The van der Waals surface area contributed by atoms with Crippen LogP contribution in [0.2, 0.25) is 0 Å². The van der Waals surface area contributed by atoms with Crippen molar-refractivity contribution >= 4 is 17.5 Å². The Labute approximate surface area is 153 Å². The quantitative estimate of drug-likeness (QED) is 0.813. The predicted octanol–water partition coefficient (Wildman–Crippen LogP) is 2.80. The second kappa shape index (κ2) is 7.99. The molecule has 0 unspecified atom stereocenters. The Hall–Kier alpha value is -2.89. The largest absolute Gasteiger partial charge is 0.346 e. The zero-order valence-electron chi connectivity index (χ0n) is 15.1. The van der Waals surface area contributed by atoms with Gasteiger partial charge in [-0.3, -0.25) is 9.59 Å². The lowest BCUT2D eigenvalue weighted by atomic mass is 10.1. The highest BCUT2D eigenvalue weighted by molar-refractivity contribution is 6.06. The molecule has 0 aliphatic carbocycles. The smallest absolute Gasteiger partial charge is 0.287 e. The van der Waals surface area contributed by atoms with Crippen molar-refractivity contribution in [3.8, 4) is 0 Å². The van der Waals surface area contributed by atoms with Gasteiger partial charge in [-0.1, -0.05) is 24.3 Å². The van der Waals surface area contributed by atoms with E-state index in [1.54, 1.807) is 11.0 Å². The van der Waals surface area contributed by atoms with E-state index in [9.17, 15) is 9.59 Å². The normalized spacial score (nSPS) is 13.0. The first kappa shape index (κ1) is 17.9. The number of benzene rings is 1. The molecule has 6 heteroatoms. The number of hydrogen-bond acceptors (Lipinski definition) is 3. The summed E-state index contributed by atoms with van der Waals surface area (Å²) in [4.78, 5) is 31.8. The third kappa shape index (κ3) is 3.40. The summed E-state index contributed by atoms with van der Waals surface area (Å²) in [6.45, 7) is 7.17. The minimum absolute atomic E-state index is 0.160. The van der Waals surface area contributed by atoms with Crippen molar-refractivity contribution in [2.24, 2.45) is 0 Å². The first-order valence-electron chi connectivity index (χ1n) is 9.02. The zero-order chi connectivity index (χ0) is 18.5. The molecule has 26 heavy (non-hydrogen) atoms. The predicted molar refractivity (Wildman–Crippen MR) is 101 cm³/mol. The van der Waals surface area contributed by atoms with Crippen LogP contribution in [0.1, 0.15) is 46.6 Å². The Kier molecular flexibility index (Phi) is 5.51. The van der Waals surface area contributed by atoms with E-state index < -0.39 is 0 Å². The summed E-state index contributed by atoms with van der Waals surface area (Å²) >= 11 is 0. The van der Waals surface area contributed by atoms with Gasteiger partial charge in [0.2, 0.25) is 0 Å². The van der Waals surface area contributed by atoms with Crippen LogP contribution in [0.15, 0.2) is 43.0 Å². The minimum Gasteiger partial charge on any atom is -0.346 e. The summed E-state index contributed by atoms with van der Waals surface area (Å²) in [6, 6.07) is 9.54. The number of anilines is 1. The number of imidazole rings is 1. The Morgan fingerprint density at radius 2 is 2.08 bits per heavy atom. The highest BCUT2D eigenvalue weighted by Gasteiger charge is 2.29. The van der Waals surface area contributed by atoms with Crippen LogP contribution in [0.4, 0.5) is 5.69 Å². The molecule has 1 aliphatic rings. The van der Waals surface area contributed by atoms with Crippen molar-refractivity contribution in [2.75, 3.05) is 18.0 Å². The van der Waals surface area contributed by atoms with Gasteiger partial charge in [-0.05, 0) is 38.3 Å². The number of para-hydroxylation sites is 1. The average molecular weight is 352 g/mol. The number of hydrogen-bond donors (Lipinski definition) is 1. The van der Waals surface area contributed by atoms with Crippen molar-refractivity contribution in [3.05, 3.63) is 60.2 Å². The monoisotopic (exact) mass is 352 g/mol. The van der Waals surface area contributed by atoms with E-state index in [4.69, 9.17) is 0 Å². The first-order valence-corrected chi connectivity index (χ1v) is 9.02. The van der Waals surface area contributed by atoms with E-state index in [1.165, 1.54) is 0 Å². The van der Waals surface area contributed by atoms with Gasteiger partial charge in [0.25, 0.3) is 11.8 Å². The van der Waals surface area contributed by atoms with Crippen LogP contribution in [-0.2, 0) is 13.0 Å². The molecule has 3 rings (SSSR count). The fourth-order valence-electron chi connectivity index (χ4n) is 3.31. The van der Waals surface area contributed by atoms with Crippen molar-refractivity contribution in [2.45, 2.75) is 32.7 Å². The van der Waals surface area contributed by atoms with Crippen LogP contribution in [-0.4, -0.2) is 34.5 Å². The molecule has 1 aliphatic heterocycles. The number of rotatable bonds is 6. The molecule has 0 saturated carbocycles. The zero-order valence-corrected chi connectivity index (χ0v) is 15.1. The molecule has 2 amide bonds. The Bertz CT molecular complexity index is 811. The van der Waals surface area contributed by atoms with Gasteiger partial charge >= 0.3 is 0 Å². The molecular formula is C20H24N4O2. The Morgan fingerprint density at radius 1 is 1.31 bits per heavy atom. The van der Waals surface area contributed by atoms with Crippen molar-refractivity contribution < 1.29 is 9.59 Å². The SMILES string of the molecule is C=CCNC(=O)c1nc(C(=O)N(CC)c2ccccc2)c2n1CCCC2. The molecule has 136 valence electrons. The molecule has 0 bridgehead atoms. The van der Waals surface area contributed by atoms with Crippen molar-refractivity contribution in [1.29, 1.82) is 0 Å². The van der Waals surface area contributed by atoms with Gasteiger partial charge in [-0.25, -0.2) is 4.98 Å². The number of aromatic nitrogens is 2. The number of fused-ring (bicyclic) bond motifs is 1.